The maximum Gasteiger partial charge on any atom is 0.296 e. The number of nitro benzene ring substituents is 1. The highest BCUT2D eigenvalue weighted by Crippen LogP contribution is 2.34. The summed E-state index contributed by atoms with van der Waals surface area (Å²) >= 11 is 0. The van der Waals surface area contributed by atoms with Gasteiger partial charge in [-0.1, -0.05) is 13.8 Å². The van der Waals surface area contributed by atoms with E-state index >= 15 is 0 Å². The molecule has 0 amide bonds. The molecule has 0 saturated carbocycles. The first-order valence-corrected chi connectivity index (χ1v) is 7.32. The molecule has 0 spiro atoms. The number of hydrogen-bond donors (Lipinski definition) is 0. The first-order valence-electron chi connectivity index (χ1n) is 5.47. The summed E-state index contributed by atoms with van der Waals surface area (Å²) in [6.07, 6.45) is 0.926. The molecule has 0 radical (unpaired) electrons. The third-order valence-corrected chi connectivity index (χ3v) is 3.94. The molecule has 0 saturated heterocycles. The SMILES string of the molecule is CC(C)c1cc(N(C)S(C)(=O)=O)c([N+](=O)[O-])cc1F. The third-order valence-electron chi connectivity index (χ3n) is 2.75. The van der Waals surface area contributed by atoms with Gasteiger partial charge in [0.25, 0.3) is 5.69 Å². The molecule has 0 fully saturated rings. The van der Waals surface area contributed by atoms with Gasteiger partial charge in [-0.05, 0) is 17.5 Å². The monoisotopic (exact) mass is 290 g/mol. The Morgan fingerprint density at radius 3 is 2.26 bits per heavy atom. The van der Waals surface area contributed by atoms with Gasteiger partial charge in [0.1, 0.15) is 11.5 Å². The zero-order chi connectivity index (χ0) is 15.0. The summed E-state index contributed by atoms with van der Waals surface area (Å²) in [5, 5.41) is 10.9. The Kier molecular flexibility index (Phi) is 4.14. The summed E-state index contributed by atoms with van der Waals surface area (Å²) in [6, 6.07) is 1.96. The molecule has 0 aliphatic carbocycles. The molecule has 0 aliphatic rings. The molecule has 0 N–H and O–H groups in total. The van der Waals surface area contributed by atoms with Crippen molar-refractivity contribution in [1.29, 1.82) is 0 Å². The Labute approximate surface area is 111 Å². The number of nitrogens with zero attached hydrogens (tertiary/aromatic N) is 2. The predicted molar refractivity (Wildman–Crippen MR) is 70.4 cm³/mol. The lowest BCUT2D eigenvalue weighted by Crippen LogP contribution is -2.26. The predicted octanol–water partition coefficient (Wildman–Crippen LogP) is 2.25. The van der Waals surface area contributed by atoms with Gasteiger partial charge >= 0.3 is 0 Å². The highest BCUT2D eigenvalue weighted by atomic mass is 32.2. The molecule has 1 aromatic rings. The average Bonchev–Trinajstić information content (AvgIpc) is 2.25. The Morgan fingerprint density at radius 1 is 1.37 bits per heavy atom. The quantitative estimate of drug-likeness (QED) is 0.629. The van der Waals surface area contributed by atoms with E-state index in [1.54, 1.807) is 13.8 Å². The van der Waals surface area contributed by atoms with Crippen molar-refractivity contribution in [3.63, 3.8) is 0 Å². The van der Waals surface area contributed by atoms with Crippen molar-refractivity contribution in [2.24, 2.45) is 0 Å². The molecule has 1 rings (SSSR count). The fourth-order valence-electron chi connectivity index (χ4n) is 1.59. The van der Waals surface area contributed by atoms with E-state index in [0.717, 1.165) is 16.6 Å². The van der Waals surface area contributed by atoms with Crippen LogP contribution < -0.4 is 4.31 Å². The number of rotatable bonds is 4. The maximum atomic E-state index is 13.7. The standard InChI is InChI=1S/C11H15FN2O4S/c1-7(2)8-5-10(13(3)19(4,17)18)11(14(15)16)6-9(8)12/h5-7H,1-4H3. The zero-order valence-electron chi connectivity index (χ0n) is 11.0. The van der Waals surface area contributed by atoms with Crippen LogP contribution >= 0.6 is 0 Å². The summed E-state index contributed by atoms with van der Waals surface area (Å²) in [7, 11) is -2.47. The van der Waals surface area contributed by atoms with Crippen LogP contribution in [-0.2, 0) is 10.0 Å². The molecule has 106 valence electrons. The Hall–Kier alpha value is -1.70. The number of benzene rings is 1. The highest BCUT2D eigenvalue weighted by Gasteiger charge is 2.26. The first kappa shape index (κ1) is 15.4. The van der Waals surface area contributed by atoms with Crippen LogP contribution in [0.1, 0.15) is 25.3 Å². The van der Waals surface area contributed by atoms with Crippen molar-refractivity contribution < 1.29 is 17.7 Å². The number of sulfonamides is 1. The minimum absolute atomic E-state index is 0.141. The van der Waals surface area contributed by atoms with Crippen molar-refractivity contribution in [3.05, 3.63) is 33.6 Å². The van der Waals surface area contributed by atoms with Gasteiger partial charge in [-0.15, -0.1) is 0 Å². The van der Waals surface area contributed by atoms with Gasteiger partial charge in [-0.2, -0.15) is 0 Å². The highest BCUT2D eigenvalue weighted by molar-refractivity contribution is 7.92. The van der Waals surface area contributed by atoms with Gasteiger partial charge in [0.05, 0.1) is 17.2 Å². The number of anilines is 1. The largest absolute Gasteiger partial charge is 0.296 e. The van der Waals surface area contributed by atoms with Crippen LogP contribution in [0.25, 0.3) is 0 Å². The molecular weight excluding hydrogens is 275 g/mol. The molecule has 0 bridgehead atoms. The van der Waals surface area contributed by atoms with Gasteiger partial charge in [-0.25, -0.2) is 12.8 Å². The second-order valence-electron chi connectivity index (χ2n) is 4.50. The van der Waals surface area contributed by atoms with E-state index in [4.69, 9.17) is 0 Å². The second kappa shape index (κ2) is 5.12. The van der Waals surface area contributed by atoms with E-state index in [0.29, 0.717) is 0 Å². The van der Waals surface area contributed by atoms with E-state index in [2.05, 4.69) is 0 Å². The van der Waals surface area contributed by atoms with Crippen molar-refractivity contribution >= 4 is 21.4 Å². The summed E-state index contributed by atoms with van der Waals surface area (Å²) in [4.78, 5) is 10.1. The molecule has 0 unspecified atom stereocenters. The molecule has 0 aliphatic heterocycles. The van der Waals surface area contributed by atoms with Crippen LogP contribution in [0.15, 0.2) is 12.1 Å². The van der Waals surface area contributed by atoms with Crippen molar-refractivity contribution in [2.75, 3.05) is 17.6 Å². The number of hydrogen-bond acceptors (Lipinski definition) is 4. The van der Waals surface area contributed by atoms with Crippen LogP contribution in [-0.4, -0.2) is 26.6 Å². The third kappa shape index (κ3) is 3.19. The first-order chi connectivity index (χ1) is 8.55. The van der Waals surface area contributed by atoms with Gasteiger partial charge < -0.3 is 0 Å². The van der Waals surface area contributed by atoms with E-state index in [-0.39, 0.29) is 17.2 Å². The van der Waals surface area contributed by atoms with Crippen LogP contribution in [0, 0.1) is 15.9 Å². The minimum atomic E-state index is -3.66. The van der Waals surface area contributed by atoms with E-state index in [9.17, 15) is 22.9 Å². The summed E-state index contributed by atoms with van der Waals surface area (Å²) in [5.41, 5.74) is -0.483. The summed E-state index contributed by atoms with van der Waals surface area (Å²) in [5.74, 6) is -0.931. The summed E-state index contributed by atoms with van der Waals surface area (Å²) in [6.45, 7) is 3.43. The van der Waals surface area contributed by atoms with Crippen LogP contribution in [0.5, 0.6) is 0 Å². The zero-order valence-corrected chi connectivity index (χ0v) is 11.9. The second-order valence-corrected chi connectivity index (χ2v) is 6.52. The fourth-order valence-corrected chi connectivity index (χ4v) is 2.09. The number of nitro groups is 1. The molecular formula is C11H15FN2O4S. The molecule has 19 heavy (non-hydrogen) atoms. The summed E-state index contributed by atoms with van der Waals surface area (Å²) < 4.78 is 37.5. The topological polar surface area (TPSA) is 80.5 Å². The lowest BCUT2D eigenvalue weighted by atomic mass is 10.0. The maximum absolute atomic E-state index is 13.7. The Balaban J connectivity index is 3.59. The molecule has 1 aromatic carbocycles. The lowest BCUT2D eigenvalue weighted by molar-refractivity contribution is -0.384. The molecule has 0 aromatic heterocycles. The smallest absolute Gasteiger partial charge is 0.267 e. The average molecular weight is 290 g/mol. The lowest BCUT2D eigenvalue weighted by Gasteiger charge is -2.18. The van der Waals surface area contributed by atoms with E-state index in [1.165, 1.54) is 13.1 Å². The van der Waals surface area contributed by atoms with Gasteiger partial charge in [0.15, 0.2) is 0 Å². The molecule has 6 nitrogen and oxygen atoms in total. The van der Waals surface area contributed by atoms with Crippen molar-refractivity contribution in [1.82, 2.24) is 0 Å². The Morgan fingerprint density at radius 2 is 1.89 bits per heavy atom. The molecule has 0 heterocycles. The number of halogens is 1. The fraction of sp³-hybridized carbons (Fsp3) is 0.455. The molecule has 0 atom stereocenters. The van der Waals surface area contributed by atoms with E-state index < -0.39 is 26.5 Å². The van der Waals surface area contributed by atoms with Crippen LogP contribution in [0.3, 0.4) is 0 Å². The van der Waals surface area contributed by atoms with Gasteiger partial charge in [-0.3, -0.25) is 14.4 Å². The van der Waals surface area contributed by atoms with Gasteiger partial charge in [0.2, 0.25) is 10.0 Å². The minimum Gasteiger partial charge on any atom is -0.267 e. The van der Waals surface area contributed by atoms with Crippen LogP contribution in [0.2, 0.25) is 0 Å². The van der Waals surface area contributed by atoms with E-state index in [1.807, 2.05) is 0 Å². The van der Waals surface area contributed by atoms with Gasteiger partial charge in [0, 0.05) is 7.05 Å². The normalized spacial score (nSPS) is 11.7. The molecule has 8 heteroatoms. The van der Waals surface area contributed by atoms with Crippen molar-refractivity contribution in [3.8, 4) is 0 Å². The van der Waals surface area contributed by atoms with Crippen molar-refractivity contribution in [2.45, 2.75) is 19.8 Å². The Bertz CT molecular complexity index is 613. The van der Waals surface area contributed by atoms with Crippen LogP contribution in [0.4, 0.5) is 15.8 Å².